The fraction of sp³-hybridized carbons (Fsp3) is 0.0959. The van der Waals surface area contributed by atoms with Gasteiger partial charge in [0.15, 0.2) is 0 Å². The van der Waals surface area contributed by atoms with E-state index in [0.29, 0.717) is 17.0 Å². The molecule has 0 saturated heterocycles. The minimum atomic E-state index is -2.75. The zero-order valence-corrected chi connectivity index (χ0v) is 45.6. The van der Waals surface area contributed by atoms with E-state index in [9.17, 15) is 0 Å². The first-order chi connectivity index (χ1) is 41.7. The van der Waals surface area contributed by atoms with Gasteiger partial charge in [0.05, 0.1) is 40.3 Å². The van der Waals surface area contributed by atoms with E-state index < -0.39 is 45.1 Å². The molecular weight excluding hydrogens is 977 g/mol. The van der Waals surface area contributed by atoms with Gasteiger partial charge in [-0.1, -0.05) is 221 Å². The van der Waals surface area contributed by atoms with E-state index in [-0.39, 0.29) is 27.9 Å². The normalized spacial score (nSPS) is 13.5. The Kier molecular flexibility index (Phi) is 10.3. The van der Waals surface area contributed by atoms with Crippen LogP contribution in [0.5, 0.6) is 11.5 Å². The van der Waals surface area contributed by atoms with Crippen molar-refractivity contribution in [3.05, 3.63) is 272 Å². The van der Waals surface area contributed by atoms with E-state index in [1.165, 1.54) is 28.2 Å². The highest BCUT2D eigenvalue weighted by molar-refractivity contribution is 7.01. The van der Waals surface area contributed by atoms with Gasteiger partial charge in [0.1, 0.15) is 25.4 Å². The maximum Gasteiger partial charge on any atom is 0.269 e. The molecule has 5 nitrogen and oxygen atoms in total. The van der Waals surface area contributed by atoms with E-state index >= 15 is 0 Å². The van der Waals surface area contributed by atoms with Gasteiger partial charge < -0.3 is 4.74 Å². The molecule has 0 saturated carbocycles. The van der Waals surface area contributed by atoms with Crippen molar-refractivity contribution in [3.8, 4) is 73.2 Å². The molecule has 0 unspecified atom stereocenters. The van der Waals surface area contributed by atoms with Crippen LogP contribution in [0.2, 0.25) is 13.1 Å². The van der Waals surface area contributed by atoms with Crippen molar-refractivity contribution < 1.29 is 20.3 Å². The molecule has 0 bridgehead atoms. The number of rotatable bonds is 11. The van der Waals surface area contributed by atoms with Gasteiger partial charge in [0, 0.05) is 32.7 Å². The molecule has 3 aromatic heterocycles. The molecule has 0 fully saturated rings. The van der Waals surface area contributed by atoms with E-state index in [2.05, 4.69) is 201 Å². The Morgan fingerprint density at radius 2 is 1.18 bits per heavy atom. The summed E-state index contributed by atoms with van der Waals surface area (Å²) >= 11 is 0. The van der Waals surface area contributed by atoms with E-state index in [0.717, 1.165) is 72.1 Å². The maximum atomic E-state index is 8.70. The van der Waals surface area contributed by atoms with E-state index in [1.54, 1.807) is 0 Å². The number of ether oxygens (including phenoxy) is 1. The summed E-state index contributed by atoms with van der Waals surface area (Å²) in [5.41, 5.74) is 12.5. The monoisotopic (exact) mass is 1040 g/mol. The highest BCUT2D eigenvalue weighted by Gasteiger charge is 2.34. The molecule has 10 aromatic carbocycles. The predicted octanol–water partition coefficient (Wildman–Crippen LogP) is 17.1. The summed E-state index contributed by atoms with van der Waals surface area (Å²) in [4.78, 5) is 4.78. The van der Waals surface area contributed by atoms with Crippen LogP contribution in [-0.4, -0.2) is 22.2 Å². The molecule has 13 aromatic rings. The summed E-state index contributed by atoms with van der Waals surface area (Å²) in [6, 6.07) is 72.8. The van der Waals surface area contributed by atoms with Crippen LogP contribution < -0.4 is 19.7 Å². The van der Waals surface area contributed by atoms with Crippen molar-refractivity contribution in [2.45, 2.75) is 46.1 Å². The quantitative estimate of drug-likeness (QED) is 0.0735. The van der Waals surface area contributed by atoms with Gasteiger partial charge in [-0.25, -0.2) is 4.98 Å². The Morgan fingerprint density at radius 1 is 0.544 bits per heavy atom. The lowest BCUT2D eigenvalue weighted by molar-refractivity contribution is -0.570. The summed E-state index contributed by atoms with van der Waals surface area (Å²) < 4.78 is 81.3. The second-order valence-electron chi connectivity index (χ2n) is 21.7. The van der Waals surface area contributed by atoms with Crippen molar-refractivity contribution in [1.82, 2.24) is 14.1 Å². The number of pyridine rings is 1. The van der Waals surface area contributed by atoms with Crippen molar-refractivity contribution in [2.75, 3.05) is 0 Å². The molecule has 0 spiro atoms. The van der Waals surface area contributed by atoms with Gasteiger partial charge in [0.2, 0.25) is 0 Å². The lowest BCUT2D eigenvalue weighted by Crippen LogP contribution is -2.57. The molecule has 0 radical (unpaired) electrons. The van der Waals surface area contributed by atoms with E-state index in [4.69, 9.17) is 20.7 Å². The number of fused-ring (bicyclic) bond motifs is 4. The minimum absolute atomic E-state index is 0.0677. The molecule has 0 N–H and O–H groups in total. The summed E-state index contributed by atoms with van der Waals surface area (Å²) in [6.45, 7) is 9.06. The van der Waals surface area contributed by atoms with Crippen molar-refractivity contribution in [1.29, 1.82) is 0 Å². The summed E-state index contributed by atoms with van der Waals surface area (Å²) in [6.07, 6.45) is 5.24. The lowest BCUT2D eigenvalue weighted by Gasteiger charge is -2.32. The first-order valence-electron chi connectivity index (χ1n) is 30.6. The third-order valence-electron chi connectivity index (χ3n) is 15.2. The SMILES string of the molecule is [2H]c1c([2H])c([2H])c(-c2cnc(-n3c4ccccc4c4ccc(Oc5cccc(-n6[c-][n+](-c7c(-c8cc(-c9ccccc9)cc(-c9ccccc9)c8)cc(C(C)(C)C)cc7[Si](C)(C)c7ccccc7)c7ccccc76)c5)cc43)cc2C([2H])([2H])[2H])c([2H])c1[2H]. The first kappa shape index (κ1) is 40.8. The van der Waals surface area contributed by atoms with Gasteiger partial charge in [-0.2, -0.15) is 0 Å². The molecule has 79 heavy (non-hydrogen) atoms. The van der Waals surface area contributed by atoms with Crippen LogP contribution in [0.15, 0.2) is 255 Å². The molecule has 0 aliphatic heterocycles. The second kappa shape index (κ2) is 19.9. The lowest BCUT2D eigenvalue weighted by atomic mass is 9.84. The number of nitrogens with zero attached hydrogens (tertiary/aromatic N) is 4. The van der Waals surface area contributed by atoms with Crippen LogP contribution in [-0.2, 0) is 5.41 Å². The Morgan fingerprint density at radius 3 is 1.89 bits per heavy atom. The number of hydrogen-bond donors (Lipinski definition) is 0. The molecule has 13 rings (SSSR count). The average Bonchev–Trinajstić information content (AvgIpc) is 1.79. The van der Waals surface area contributed by atoms with Gasteiger partial charge in [-0.15, -0.1) is 0 Å². The third kappa shape index (κ3) is 9.14. The van der Waals surface area contributed by atoms with E-state index in [1.807, 2.05) is 65.2 Å². The predicted molar refractivity (Wildman–Crippen MR) is 331 cm³/mol. The molecule has 6 heteroatoms. The first-order valence-corrected chi connectivity index (χ1v) is 29.6. The fourth-order valence-electron chi connectivity index (χ4n) is 11.0. The molecular formula is C73H60N4OSi. The summed E-state index contributed by atoms with van der Waals surface area (Å²) in [5.74, 6) is 1.35. The molecule has 0 aliphatic rings. The fourth-order valence-corrected chi connectivity index (χ4v) is 13.7. The molecule has 0 aliphatic carbocycles. The molecule has 3 heterocycles. The van der Waals surface area contributed by atoms with Crippen LogP contribution in [0.3, 0.4) is 0 Å². The van der Waals surface area contributed by atoms with Crippen LogP contribution in [0.4, 0.5) is 0 Å². The number of benzene rings is 10. The largest absolute Gasteiger partial charge is 0.458 e. The number of aryl methyl sites for hydroxylation is 1. The van der Waals surface area contributed by atoms with Crippen LogP contribution >= 0.6 is 0 Å². The Balaban J connectivity index is 0.967. The standard InChI is InChI=1S/C73H60N4OSi/c1-50-40-71(74-48-65(50)53-28-15-9-16-29-53)77-66-35-20-19-34-62(66)63-39-38-60(47-69(63)77)78-59-31-23-30-58(46-59)75-49-76(68-37-22-21-36-67(68)75)72-64(44-57(73(2,3)4)45-70(72)79(5,6)61-32-17-10-18-33-61)56-42-54(51-24-11-7-12-25-51)41-55(43-56)52-26-13-8-14-27-52/h7-48H,1-6H3/i1D3,9D,15D,16D,28D,29D. The van der Waals surface area contributed by atoms with Gasteiger partial charge in [0.25, 0.3) is 6.33 Å². The van der Waals surface area contributed by atoms with Gasteiger partial charge in [-0.3, -0.25) is 13.7 Å². The number of aromatic nitrogens is 4. The zero-order valence-electron chi connectivity index (χ0n) is 52.6. The Labute approximate surface area is 475 Å². The van der Waals surface area contributed by atoms with Crippen molar-refractivity contribution in [3.63, 3.8) is 0 Å². The van der Waals surface area contributed by atoms with Crippen molar-refractivity contribution >= 4 is 51.3 Å². The molecule has 0 amide bonds. The van der Waals surface area contributed by atoms with Crippen LogP contribution in [0, 0.1) is 13.2 Å². The zero-order chi connectivity index (χ0) is 60.7. The summed E-state index contributed by atoms with van der Waals surface area (Å²) in [5, 5.41) is 4.37. The Hall–Kier alpha value is -9.36. The average molecular weight is 1050 g/mol. The van der Waals surface area contributed by atoms with Crippen molar-refractivity contribution in [2.24, 2.45) is 0 Å². The highest BCUT2D eigenvalue weighted by Crippen LogP contribution is 2.40. The Bertz CT molecular complexity index is 4750. The topological polar surface area (TPSA) is 35.9 Å². The molecule has 0 atom stereocenters. The number of para-hydroxylation sites is 3. The third-order valence-corrected chi connectivity index (χ3v) is 18.7. The van der Waals surface area contributed by atoms with Gasteiger partial charge in [-0.05, 0) is 128 Å². The minimum Gasteiger partial charge on any atom is -0.458 e. The summed E-state index contributed by atoms with van der Waals surface area (Å²) in [7, 11) is -2.55. The maximum absolute atomic E-state index is 8.70. The van der Waals surface area contributed by atoms with Crippen LogP contribution in [0.25, 0.3) is 94.5 Å². The number of hydrogen-bond acceptors (Lipinski definition) is 2. The molecule has 382 valence electrons. The number of imidazole rings is 1. The smallest absolute Gasteiger partial charge is 0.269 e. The highest BCUT2D eigenvalue weighted by atomic mass is 28.3. The van der Waals surface area contributed by atoms with Crippen LogP contribution in [0.1, 0.15) is 42.9 Å². The van der Waals surface area contributed by atoms with Gasteiger partial charge >= 0.3 is 0 Å². The second-order valence-corrected chi connectivity index (χ2v) is 26.0.